The summed E-state index contributed by atoms with van der Waals surface area (Å²) in [7, 11) is 0. The maximum atomic E-state index is 12.1. The number of aliphatic hydroxyl groups is 1. The van der Waals surface area contributed by atoms with Crippen molar-refractivity contribution in [2.75, 3.05) is 0 Å². The molecule has 0 aromatic heterocycles. The van der Waals surface area contributed by atoms with Gasteiger partial charge in [0.15, 0.2) is 0 Å². The molecule has 18 heavy (non-hydrogen) atoms. The van der Waals surface area contributed by atoms with Crippen LogP contribution in [0.4, 0.5) is 0 Å². The van der Waals surface area contributed by atoms with Crippen molar-refractivity contribution in [3.8, 4) is 0 Å². The number of aliphatic hydroxyl groups excluding tert-OH is 1. The van der Waals surface area contributed by atoms with Crippen LogP contribution >= 0.6 is 27.5 Å². The normalized spacial score (nSPS) is 23.7. The summed E-state index contributed by atoms with van der Waals surface area (Å²) in [6.07, 6.45) is 3.17. The summed E-state index contributed by atoms with van der Waals surface area (Å²) in [5.74, 6) is -0.229. The molecular weight excluding hydrogens is 318 g/mol. The predicted octanol–water partition coefficient (Wildman–Crippen LogP) is 3.14. The van der Waals surface area contributed by atoms with Crippen LogP contribution in [0.25, 0.3) is 0 Å². The first kappa shape index (κ1) is 13.8. The first-order chi connectivity index (χ1) is 8.58. The summed E-state index contributed by atoms with van der Waals surface area (Å²) in [5.41, 5.74) is 0.434. The smallest absolute Gasteiger partial charge is 0.253 e. The van der Waals surface area contributed by atoms with Gasteiger partial charge < -0.3 is 10.4 Å². The summed E-state index contributed by atoms with van der Waals surface area (Å²) in [6.45, 7) is 0. The Morgan fingerprint density at radius 2 is 2.11 bits per heavy atom. The standard InChI is InChI=1S/C13H15BrClNO2/c14-8-5-6-10(15)9(7-8)13(18)16-11-3-1-2-4-12(11)17/h5-7,11-12,17H,1-4H2,(H,16,18). The molecule has 2 rings (SSSR count). The molecule has 3 nitrogen and oxygen atoms in total. The summed E-state index contributed by atoms with van der Waals surface area (Å²) < 4.78 is 0.807. The third-order valence-corrected chi connectivity index (χ3v) is 4.04. The number of amides is 1. The van der Waals surface area contributed by atoms with Gasteiger partial charge in [0.25, 0.3) is 5.91 Å². The summed E-state index contributed by atoms with van der Waals surface area (Å²) in [5, 5.41) is 13.1. The molecular formula is C13H15BrClNO2. The largest absolute Gasteiger partial charge is 0.391 e. The lowest BCUT2D eigenvalue weighted by molar-refractivity contribution is 0.0717. The zero-order valence-electron chi connectivity index (χ0n) is 9.83. The molecule has 1 aromatic rings. The Hall–Kier alpha value is -0.580. The molecule has 0 saturated heterocycles. The Morgan fingerprint density at radius 3 is 2.83 bits per heavy atom. The number of nitrogens with one attached hydrogen (secondary N) is 1. The molecule has 1 aliphatic carbocycles. The molecule has 0 aliphatic heterocycles. The molecule has 2 N–H and O–H groups in total. The van der Waals surface area contributed by atoms with E-state index in [0.29, 0.717) is 10.6 Å². The zero-order valence-corrected chi connectivity index (χ0v) is 12.2. The second-order valence-corrected chi connectivity index (χ2v) is 5.88. The van der Waals surface area contributed by atoms with Crippen molar-refractivity contribution >= 4 is 33.4 Å². The Morgan fingerprint density at radius 1 is 1.39 bits per heavy atom. The van der Waals surface area contributed by atoms with Gasteiger partial charge in [-0.15, -0.1) is 0 Å². The molecule has 2 unspecified atom stereocenters. The van der Waals surface area contributed by atoms with E-state index >= 15 is 0 Å². The molecule has 1 aliphatic rings. The lowest BCUT2D eigenvalue weighted by atomic mass is 9.92. The first-order valence-electron chi connectivity index (χ1n) is 6.02. The Balaban J connectivity index is 2.09. The second-order valence-electron chi connectivity index (χ2n) is 4.56. The van der Waals surface area contributed by atoms with Crippen molar-refractivity contribution in [3.05, 3.63) is 33.3 Å². The van der Waals surface area contributed by atoms with Crippen molar-refractivity contribution in [1.82, 2.24) is 5.32 Å². The fraction of sp³-hybridized carbons (Fsp3) is 0.462. The monoisotopic (exact) mass is 331 g/mol. The van der Waals surface area contributed by atoms with Crippen molar-refractivity contribution in [1.29, 1.82) is 0 Å². The third kappa shape index (κ3) is 3.25. The van der Waals surface area contributed by atoms with E-state index in [4.69, 9.17) is 11.6 Å². The van der Waals surface area contributed by atoms with Gasteiger partial charge in [0.2, 0.25) is 0 Å². The van der Waals surface area contributed by atoms with E-state index in [1.54, 1.807) is 18.2 Å². The molecule has 1 aromatic carbocycles. The van der Waals surface area contributed by atoms with E-state index in [2.05, 4.69) is 21.2 Å². The molecule has 0 bridgehead atoms. The maximum Gasteiger partial charge on any atom is 0.253 e. The van der Waals surface area contributed by atoms with E-state index < -0.39 is 6.10 Å². The van der Waals surface area contributed by atoms with Crippen molar-refractivity contribution in [3.63, 3.8) is 0 Å². The highest BCUT2D eigenvalue weighted by Crippen LogP contribution is 2.23. The number of carbonyl (C=O) groups excluding carboxylic acids is 1. The SMILES string of the molecule is O=C(NC1CCCCC1O)c1cc(Br)ccc1Cl. The Labute approximate surface area is 120 Å². The van der Waals surface area contributed by atoms with Crippen LogP contribution in [0.15, 0.2) is 22.7 Å². The average molecular weight is 333 g/mol. The minimum atomic E-state index is -0.450. The number of benzene rings is 1. The van der Waals surface area contributed by atoms with Crippen molar-refractivity contribution in [2.24, 2.45) is 0 Å². The average Bonchev–Trinajstić information content (AvgIpc) is 2.35. The van der Waals surface area contributed by atoms with Gasteiger partial charge in [0.1, 0.15) is 0 Å². The van der Waals surface area contributed by atoms with Gasteiger partial charge in [0, 0.05) is 4.47 Å². The molecule has 2 atom stereocenters. The van der Waals surface area contributed by atoms with Gasteiger partial charge in [-0.2, -0.15) is 0 Å². The van der Waals surface area contributed by atoms with E-state index in [0.717, 1.165) is 30.2 Å². The maximum absolute atomic E-state index is 12.1. The van der Waals surface area contributed by atoms with Gasteiger partial charge in [0.05, 0.1) is 22.7 Å². The highest BCUT2D eigenvalue weighted by molar-refractivity contribution is 9.10. The van der Waals surface area contributed by atoms with Gasteiger partial charge in [-0.05, 0) is 31.0 Å². The molecule has 1 saturated carbocycles. The Kier molecular flexibility index (Phi) is 4.65. The Bertz CT molecular complexity index is 453. The quantitative estimate of drug-likeness (QED) is 0.874. The molecule has 0 radical (unpaired) electrons. The van der Waals surface area contributed by atoms with Crippen LogP contribution in [-0.2, 0) is 0 Å². The molecule has 98 valence electrons. The molecule has 5 heteroatoms. The number of halogens is 2. The minimum Gasteiger partial charge on any atom is -0.391 e. The summed E-state index contributed by atoms with van der Waals surface area (Å²) in [4.78, 5) is 12.1. The lowest BCUT2D eigenvalue weighted by Gasteiger charge is -2.28. The van der Waals surface area contributed by atoms with Crippen molar-refractivity contribution in [2.45, 2.75) is 37.8 Å². The van der Waals surface area contributed by atoms with Crippen LogP contribution < -0.4 is 5.32 Å². The van der Waals surface area contributed by atoms with Gasteiger partial charge >= 0.3 is 0 Å². The fourth-order valence-corrected chi connectivity index (χ4v) is 2.76. The summed E-state index contributed by atoms with van der Waals surface area (Å²) >= 11 is 9.31. The van der Waals surface area contributed by atoms with E-state index in [-0.39, 0.29) is 11.9 Å². The molecule has 0 heterocycles. The summed E-state index contributed by atoms with van der Waals surface area (Å²) in [6, 6.07) is 4.99. The minimum absolute atomic E-state index is 0.165. The van der Waals surface area contributed by atoms with E-state index in [9.17, 15) is 9.90 Å². The van der Waals surface area contributed by atoms with Crippen LogP contribution in [0.5, 0.6) is 0 Å². The van der Waals surface area contributed by atoms with Gasteiger partial charge in [-0.1, -0.05) is 40.4 Å². The van der Waals surface area contributed by atoms with Crippen LogP contribution in [0.1, 0.15) is 36.0 Å². The number of carbonyl (C=O) groups is 1. The van der Waals surface area contributed by atoms with Crippen LogP contribution in [0.3, 0.4) is 0 Å². The topological polar surface area (TPSA) is 49.3 Å². The third-order valence-electron chi connectivity index (χ3n) is 3.22. The van der Waals surface area contributed by atoms with Crippen LogP contribution in [0, 0.1) is 0 Å². The first-order valence-corrected chi connectivity index (χ1v) is 7.19. The number of hydrogen-bond acceptors (Lipinski definition) is 2. The van der Waals surface area contributed by atoms with Gasteiger partial charge in [-0.3, -0.25) is 4.79 Å². The second kappa shape index (κ2) is 6.04. The van der Waals surface area contributed by atoms with Crippen LogP contribution in [-0.4, -0.2) is 23.2 Å². The molecule has 1 fully saturated rings. The van der Waals surface area contributed by atoms with E-state index in [1.807, 2.05) is 0 Å². The molecule has 1 amide bonds. The van der Waals surface area contributed by atoms with Crippen molar-refractivity contribution < 1.29 is 9.90 Å². The number of rotatable bonds is 2. The zero-order chi connectivity index (χ0) is 13.1. The predicted molar refractivity (Wildman–Crippen MR) is 74.9 cm³/mol. The fourth-order valence-electron chi connectivity index (χ4n) is 2.20. The van der Waals surface area contributed by atoms with Crippen LogP contribution in [0.2, 0.25) is 5.02 Å². The highest BCUT2D eigenvalue weighted by Gasteiger charge is 2.25. The van der Waals surface area contributed by atoms with Gasteiger partial charge in [-0.25, -0.2) is 0 Å². The lowest BCUT2D eigenvalue weighted by Crippen LogP contribution is -2.45. The highest BCUT2D eigenvalue weighted by atomic mass is 79.9. The molecule has 0 spiro atoms. The number of hydrogen-bond donors (Lipinski definition) is 2. The van der Waals surface area contributed by atoms with E-state index in [1.165, 1.54) is 0 Å².